The molecule has 158 valence electrons. The minimum absolute atomic E-state index is 0.204. The van der Waals surface area contributed by atoms with Crippen molar-refractivity contribution in [1.29, 1.82) is 0 Å². The number of methoxy groups -OCH3 is 1. The lowest BCUT2D eigenvalue weighted by atomic mass is 9.96. The first-order valence-electron chi connectivity index (χ1n) is 11.3. The normalized spacial score (nSPS) is 28.8. The van der Waals surface area contributed by atoms with E-state index in [-0.39, 0.29) is 12.0 Å². The Labute approximate surface area is 179 Å². The van der Waals surface area contributed by atoms with Crippen LogP contribution in [0, 0.1) is 11.8 Å². The Bertz CT molecular complexity index is 870. The third kappa shape index (κ3) is 3.79. The van der Waals surface area contributed by atoms with Crippen molar-refractivity contribution in [1.82, 2.24) is 4.90 Å². The van der Waals surface area contributed by atoms with E-state index in [0.717, 1.165) is 25.3 Å². The Morgan fingerprint density at radius 3 is 2.27 bits per heavy atom. The first-order chi connectivity index (χ1) is 14.7. The number of rotatable bonds is 6. The van der Waals surface area contributed by atoms with Crippen molar-refractivity contribution in [3.05, 3.63) is 54.1 Å². The Morgan fingerprint density at radius 2 is 1.60 bits per heavy atom. The largest absolute Gasteiger partial charge is 0.497 e. The number of ketones is 1. The van der Waals surface area contributed by atoms with Crippen molar-refractivity contribution in [3.63, 3.8) is 0 Å². The predicted octanol–water partition coefficient (Wildman–Crippen LogP) is 4.71. The zero-order chi connectivity index (χ0) is 20.5. The van der Waals surface area contributed by atoms with E-state index in [4.69, 9.17) is 9.47 Å². The number of ether oxygens (including phenoxy) is 2. The maximum atomic E-state index is 12.4. The molecule has 2 saturated carbocycles. The SMILES string of the molecule is COc1ccc(-c2ccc(COC3CC4C(=O)CC3C4N3CCCCC3)cc2)cc1. The first kappa shape index (κ1) is 19.8. The maximum Gasteiger partial charge on any atom is 0.138 e. The number of Topliss-reactive ketones (excluding diaryl/α,β-unsaturated/α-hetero) is 1. The number of nitrogens with zero attached hydrogens (tertiary/aromatic N) is 1. The number of likely N-dealkylation sites (tertiary alicyclic amines) is 1. The highest BCUT2D eigenvalue weighted by Crippen LogP contribution is 2.47. The lowest BCUT2D eigenvalue weighted by molar-refractivity contribution is -0.124. The van der Waals surface area contributed by atoms with E-state index < -0.39 is 0 Å². The number of hydrogen-bond acceptors (Lipinski definition) is 4. The average molecular weight is 406 g/mol. The van der Waals surface area contributed by atoms with Gasteiger partial charge in [-0.15, -0.1) is 0 Å². The zero-order valence-corrected chi connectivity index (χ0v) is 17.8. The molecule has 4 atom stereocenters. The topological polar surface area (TPSA) is 38.8 Å². The minimum Gasteiger partial charge on any atom is -0.497 e. The van der Waals surface area contributed by atoms with Crippen molar-refractivity contribution in [3.8, 4) is 16.9 Å². The third-order valence-corrected chi connectivity index (χ3v) is 7.32. The van der Waals surface area contributed by atoms with Crippen molar-refractivity contribution in [2.45, 2.75) is 50.9 Å². The van der Waals surface area contributed by atoms with E-state index in [1.165, 1.54) is 36.0 Å². The van der Waals surface area contributed by atoms with Crippen LogP contribution >= 0.6 is 0 Å². The Kier molecular flexibility index (Phi) is 5.62. The molecule has 0 amide bonds. The molecular formula is C26H31NO3. The van der Waals surface area contributed by atoms with Crippen molar-refractivity contribution >= 4 is 5.78 Å². The fourth-order valence-corrected chi connectivity index (χ4v) is 5.75. The molecule has 5 rings (SSSR count). The summed E-state index contributed by atoms with van der Waals surface area (Å²) in [4.78, 5) is 15.0. The van der Waals surface area contributed by atoms with E-state index in [0.29, 0.717) is 30.8 Å². The van der Waals surface area contributed by atoms with Gasteiger partial charge in [-0.05, 0) is 61.2 Å². The van der Waals surface area contributed by atoms with E-state index in [2.05, 4.69) is 41.3 Å². The summed E-state index contributed by atoms with van der Waals surface area (Å²) >= 11 is 0. The molecule has 2 aromatic carbocycles. The summed E-state index contributed by atoms with van der Waals surface area (Å²) < 4.78 is 11.6. The average Bonchev–Trinajstić information content (AvgIpc) is 3.32. The summed E-state index contributed by atoms with van der Waals surface area (Å²) in [7, 11) is 1.69. The van der Waals surface area contributed by atoms with Gasteiger partial charge in [0.1, 0.15) is 11.5 Å². The van der Waals surface area contributed by atoms with Crippen LogP contribution in [0.2, 0.25) is 0 Å². The smallest absolute Gasteiger partial charge is 0.138 e. The van der Waals surface area contributed by atoms with Crippen LogP contribution < -0.4 is 4.74 Å². The molecule has 1 heterocycles. The monoisotopic (exact) mass is 405 g/mol. The number of carbonyl (C=O) groups excluding carboxylic acids is 1. The van der Waals surface area contributed by atoms with Gasteiger partial charge in [0.15, 0.2) is 0 Å². The van der Waals surface area contributed by atoms with Gasteiger partial charge >= 0.3 is 0 Å². The maximum absolute atomic E-state index is 12.4. The Balaban J connectivity index is 1.20. The van der Waals surface area contributed by atoms with E-state index in [1.54, 1.807) is 7.11 Å². The first-order valence-corrected chi connectivity index (χ1v) is 11.3. The standard InChI is InChI=1S/C26H31NO3/c1-29-21-11-9-20(10-12-21)19-7-5-18(6-8-19)17-30-25-16-22-24(28)15-23(25)26(22)27-13-3-2-4-14-27/h5-12,22-23,25-26H,2-4,13-17H2,1H3. The summed E-state index contributed by atoms with van der Waals surface area (Å²) in [6.45, 7) is 2.94. The highest BCUT2D eigenvalue weighted by Gasteiger charge is 2.55. The molecule has 4 heteroatoms. The van der Waals surface area contributed by atoms with Crippen LogP contribution in [0.5, 0.6) is 5.75 Å². The number of fused-ring (bicyclic) bond motifs is 2. The molecule has 2 bridgehead atoms. The quantitative estimate of drug-likeness (QED) is 0.698. The van der Waals surface area contributed by atoms with Crippen LogP contribution in [0.15, 0.2) is 48.5 Å². The fraction of sp³-hybridized carbons (Fsp3) is 0.500. The van der Waals surface area contributed by atoms with E-state index >= 15 is 0 Å². The molecule has 0 spiro atoms. The Hall–Kier alpha value is -2.17. The summed E-state index contributed by atoms with van der Waals surface area (Å²) in [6, 6.07) is 17.2. The summed E-state index contributed by atoms with van der Waals surface area (Å²) in [5.74, 6) is 1.94. The van der Waals surface area contributed by atoms with Gasteiger partial charge < -0.3 is 9.47 Å². The van der Waals surface area contributed by atoms with Crippen molar-refractivity contribution in [2.75, 3.05) is 20.2 Å². The lowest BCUT2D eigenvalue weighted by Crippen LogP contribution is -2.43. The predicted molar refractivity (Wildman–Crippen MR) is 117 cm³/mol. The molecule has 2 aliphatic carbocycles. The number of benzene rings is 2. The van der Waals surface area contributed by atoms with Gasteiger partial charge in [-0.2, -0.15) is 0 Å². The summed E-state index contributed by atoms with van der Waals surface area (Å²) in [6.07, 6.45) is 5.73. The van der Waals surface area contributed by atoms with Gasteiger partial charge in [-0.3, -0.25) is 9.69 Å². The molecule has 0 radical (unpaired) electrons. The van der Waals surface area contributed by atoms with E-state index in [9.17, 15) is 4.79 Å². The molecule has 4 unspecified atom stereocenters. The third-order valence-electron chi connectivity index (χ3n) is 7.32. The molecule has 2 aromatic rings. The van der Waals surface area contributed by atoms with Crippen molar-refractivity contribution < 1.29 is 14.3 Å². The summed E-state index contributed by atoms with van der Waals surface area (Å²) in [5.41, 5.74) is 3.56. The second kappa shape index (κ2) is 8.52. The van der Waals surface area contributed by atoms with Crippen LogP contribution in [-0.4, -0.2) is 43.0 Å². The van der Waals surface area contributed by atoms with Gasteiger partial charge in [0, 0.05) is 24.3 Å². The molecular weight excluding hydrogens is 374 g/mol. The highest BCUT2D eigenvalue weighted by molar-refractivity contribution is 5.86. The molecule has 30 heavy (non-hydrogen) atoms. The zero-order valence-electron chi connectivity index (χ0n) is 17.8. The molecule has 0 N–H and O–H groups in total. The van der Waals surface area contributed by atoms with E-state index in [1.807, 2.05) is 12.1 Å². The van der Waals surface area contributed by atoms with Crippen LogP contribution in [-0.2, 0) is 16.1 Å². The Morgan fingerprint density at radius 1 is 0.933 bits per heavy atom. The highest BCUT2D eigenvalue weighted by atomic mass is 16.5. The second-order valence-electron chi connectivity index (χ2n) is 9.04. The number of hydrogen-bond donors (Lipinski definition) is 0. The molecule has 3 aliphatic rings. The van der Waals surface area contributed by atoms with Crippen LogP contribution in [0.4, 0.5) is 0 Å². The van der Waals surface area contributed by atoms with Crippen LogP contribution in [0.1, 0.15) is 37.7 Å². The van der Waals surface area contributed by atoms with Crippen LogP contribution in [0.3, 0.4) is 0 Å². The second-order valence-corrected chi connectivity index (χ2v) is 9.04. The molecule has 4 nitrogen and oxygen atoms in total. The molecule has 0 aromatic heterocycles. The molecule has 1 saturated heterocycles. The number of carbonyl (C=O) groups is 1. The minimum atomic E-state index is 0.204. The van der Waals surface area contributed by atoms with Gasteiger partial charge in [0.05, 0.1) is 19.8 Å². The molecule has 3 fully saturated rings. The van der Waals surface area contributed by atoms with Gasteiger partial charge in [-0.1, -0.05) is 42.8 Å². The number of piperidine rings is 1. The fourth-order valence-electron chi connectivity index (χ4n) is 5.75. The molecule has 1 aliphatic heterocycles. The van der Waals surface area contributed by atoms with Gasteiger partial charge in [0.2, 0.25) is 0 Å². The van der Waals surface area contributed by atoms with Crippen LogP contribution in [0.25, 0.3) is 11.1 Å². The van der Waals surface area contributed by atoms with Crippen molar-refractivity contribution in [2.24, 2.45) is 11.8 Å². The van der Waals surface area contributed by atoms with Gasteiger partial charge in [0.25, 0.3) is 0 Å². The summed E-state index contributed by atoms with van der Waals surface area (Å²) in [5, 5.41) is 0. The lowest BCUT2D eigenvalue weighted by Gasteiger charge is -2.35. The van der Waals surface area contributed by atoms with Gasteiger partial charge in [-0.25, -0.2) is 0 Å².